The van der Waals surface area contributed by atoms with Crippen LogP contribution in [0.3, 0.4) is 0 Å². The topological polar surface area (TPSA) is 26.3 Å². The minimum Gasteiger partial charge on any atom is -0.446 e. The van der Waals surface area contributed by atoms with Gasteiger partial charge in [-0.2, -0.15) is 0 Å². The van der Waals surface area contributed by atoms with Crippen LogP contribution in [0.5, 0.6) is 0 Å². The van der Waals surface area contributed by atoms with Gasteiger partial charge in [-0.25, -0.2) is 4.79 Å². The van der Waals surface area contributed by atoms with E-state index in [0.29, 0.717) is 11.5 Å². The number of fused-ring (bicyclic) bond motifs is 4. The van der Waals surface area contributed by atoms with E-state index in [1.165, 1.54) is 47.6 Å². The van der Waals surface area contributed by atoms with Crippen LogP contribution < -0.4 is 0 Å². The number of rotatable bonds is 4. The highest BCUT2D eigenvalue weighted by Crippen LogP contribution is 2.57. The number of hydrogen-bond donors (Lipinski definition) is 0. The van der Waals surface area contributed by atoms with Gasteiger partial charge in [0.25, 0.3) is 0 Å². The Bertz CT molecular complexity index is 1220. The molecule has 2 nitrogen and oxygen atoms in total. The maximum atomic E-state index is 13.1. The van der Waals surface area contributed by atoms with Gasteiger partial charge in [-0.05, 0) is 72.3 Å². The summed E-state index contributed by atoms with van der Waals surface area (Å²) in [5.74, 6) is 1.90. The van der Waals surface area contributed by atoms with Gasteiger partial charge in [0.2, 0.25) is 0 Å². The van der Waals surface area contributed by atoms with Crippen LogP contribution >= 0.6 is 0 Å². The van der Waals surface area contributed by atoms with E-state index in [2.05, 4.69) is 67.2 Å². The zero-order valence-corrected chi connectivity index (χ0v) is 18.1. The average Bonchev–Trinajstić information content (AvgIpc) is 3.40. The molecule has 31 heavy (non-hydrogen) atoms. The van der Waals surface area contributed by atoms with Gasteiger partial charge in [-0.15, -0.1) is 0 Å². The maximum Gasteiger partial charge on any atom is 0.334 e. The van der Waals surface area contributed by atoms with Gasteiger partial charge in [-0.3, -0.25) is 0 Å². The highest BCUT2D eigenvalue weighted by molar-refractivity contribution is 6.03. The Morgan fingerprint density at radius 2 is 1.71 bits per heavy atom. The van der Waals surface area contributed by atoms with Crippen LogP contribution in [0.15, 0.2) is 72.8 Å². The third-order valence-corrected chi connectivity index (χ3v) is 8.04. The molecule has 0 radical (unpaired) electrons. The second-order valence-electron chi connectivity index (χ2n) is 9.89. The summed E-state index contributed by atoms with van der Waals surface area (Å²) in [4.78, 5) is 13.1. The maximum absolute atomic E-state index is 13.1. The molecule has 0 aliphatic heterocycles. The van der Waals surface area contributed by atoms with Crippen molar-refractivity contribution in [2.75, 3.05) is 0 Å². The van der Waals surface area contributed by atoms with Crippen LogP contribution in [-0.2, 0) is 15.1 Å². The fourth-order valence-electron chi connectivity index (χ4n) is 6.73. The Labute approximate surface area is 183 Å². The molecule has 0 heterocycles. The average molecular weight is 409 g/mol. The van der Waals surface area contributed by atoms with Gasteiger partial charge in [0.1, 0.15) is 0 Å². The fraction of sp³-hybridized carbons (Fsp3) is 0.345. The summed E-state index contributed by atoms with van der Waals surface area (Å²) < 4.78 is 6.55. The Balaban J connectivity index is 1.63. The molecule has 4 atom stereocenters. The standard InChI is InChI=1S/C29H28O2/c1-18(2)28(30)31-29(17-22-16-19-13-14-21(22)15-19)25-11-4-3-9-23(25)24-10-5-7-20-8-6-12-26(29)27(20)24/h3-12,19,21-22H,1,13-17H2,2H3. The van der Waals surface area contributed by atoms with Crippen molar-refractivity contribution >= 4 is 16.7 Å². The predicted octanol–water partition coefficient (Wildman–Crippen LogP) is 7.01. The van der Waals surface area contributed by atoms with Crippen molar-refractivity contribution in [1.29, 1.82) is 0 Å². The Morgan fingerprint density at radius 1 is 0.968 bits per heavy atom. The molecule has 4 unspecified atom stereocenters. The lowest BCUT2D eigenvalue weighted by molar-refractivity contribution is -0.153. The molecule has 0 N–H and O–H groups in total. The smallest absolute Gasteiger partial charge is 0.334 e. The van der Waals surface area contributed by atoms with Crippen LogP contribution in [0.4, 0.5) is 0 Å². The van der Waals surface area contributed by atoms with E-state index in [1.54, 1.807) is 6.92 Å². The van der Waals surface area contributed by atoms with Gasteiger partial charge in [0, 0.05) is 16.7 Å². The second-order valence-corrected chi connectivity index (χ2v) is 9.89. The van der Waals surface area contributed by atoms with E-state index < -0.39 is 5.60 Å². The molecule has 0 aromatic heterocycles. The van der Waals surface area contributed by atoms with Crippen molar-refractivity contribution in [3.63, 3.8) is 0 Å². The number of carbonyl (C=O) groups excluding carboxylic acids is 1. The lowest BCUT2D eigenvalue weighted by Crippen LogP contribution is -2.39. The van der Waals surface area contributed by atoms with Crippen molar-refractivity contribution in [3.05, 3.63) is 83.9 Å². The van der Waals surface area contributed by atoms with E-state index in [-0.39, 0.29) is 5.97 Å². The molecule has 156 valence electrons. The molecule has 0 amide bonds. The Kier molecular flexibility index (Phi) is 4.15. The zero-order valence-electron chi connectivity index (χ0n) is 18.1. The number of carbonyl (C=O) groups is 1. The second kappa shape index (κ2) is 6.82. The lowest BCUT2D eigenvalue weighted by atomic mass is 9.68. The minimum atomic E-state index is -0.768. The largest absolute Gasteiger partial charge is 0.446 e. The molecule has 0 spiro atoms. The summed E-state index contributed by atoms with van der Waals surface area (Å²) >= 11 is 0. The Hall–Kier alpha value is -2.87. The summed E-state index contributed by atoms with van der Waals surface area (Å²) in [5.41, 5.74) is 4.37. The van der Waals surface area contributed by atoms with Gasteiger partial charge in [0.05, 0.1) is 0 Å². The van der Waals surface area contributed by atoms with Gasteiger partial charge < -0.3 is 4.74 Å². The highest BCUT2D eigenvalue weighted by atomic mass is 16.6. The molecule has 3 aromatic rings. The van der Waals surface area contributed by atoms with Gasteiger partial charge in [0.15, 0.2) is 5.60 Å². The number of ether oxygens (including phenoxy) is 1. The molecule has 2 bridgehead atoms. The molecule has 3 aromatic carbocycles. The van der Waals surface area contributed by atoms with Gasteiger partial charge in [-0.1, -0.05) is 73.7 Å². The summed E-state index contributed by atoms with van der Waals surface area (Å²) in [6.07, 6.45) is 6.16. The number of benzene rings is 3. The number of esters is 1. The van der Waals surface area contributed by atoms with E-state index in [1.807, 2.05) is 0 Å². The predicted molar refractivity (Wildman–Crippen MR) is 125 cm³/mol. The van der Waals surface area contributed by atoms with Crippen LogP contribution in [0, 0.1) is 17.8 Å². The molecule has 2 fully saturated rings. The minimum absolute atomic E-state index is 0.297. The van der Waals surface area contributed by atoms with E-state index in [0.717, 1.165) is 29.4 Å². The van der Waals surface area contributed by atoms with E-state index >= 15 is 0 Å². The molecule has 3 aliphatic carbocycles. The van der Waals surface area contributed by atoms with Crippen LogP contribution in [0.25, 0.3) is 21.9 Å². The van der Waals surface area contributed by atoms with E-state index in [4.69, 9.17) is 4.74 Å². The molecule has 3 aliphatic rings. The van der Waals surface area contributed by atoms with Crippen molar-refractivity contribution < 1.29 is 9.53 Å². The summed E-state index contributed by atoms with van der Waals surface area (Å²) in [6, 6.07) is 21.5. The Morgan fingerprint density at radius 3 is 2.45 bits per heavy atom. The van der Waals surface area contributed by atoms with Crippen molar-refractivity contribution in [1.82, 2.24) is 0 Å². The molecule has 2 saturated carbocycles. The summed E-state index contributed by atoms with van der Waals surface area (Å²) in [6.45, 7) is 5.64. The normalized spacial score (nSPS) is 27.8. The van der Waals surface area contributed by atoms with E-state index in [9.17, 15) is 4.79 Å². The van der Waals surface area contributed by atoms with Crippen molar-refractivity contribution in [2.24, 2.45) is 17.8 Å². The zero-order chi connectivity index (χ0) is 21.2. The first-order valence-electron chi connectivity index (χ1n) is 11.6. The first kappa shape index (κ1) is 18.9. The summed E-state index contributed by atoms with van der Waals surface area (Å²) in [5, 5.41) is 2.43. The third-order valence-electron chi connectivity index (χ3n) is 8.04. The third kappa shape index (κ3) is 2.74. The molecule has 6 rings (SSSR count). The fourth-order valence-corrected chi connectivity index (χ4v) is 6.73. The molecular weight excluding hydrogens is 380 g/mol. The molecule has 0 saturated heterocycles. The molecular formula is C29H28O2. The highest BCUT2D eigenvalue weighted by Gasteiger charge is 2.50. The summed E-state index contributed by atoms with van der Waals surface area (Å²) in [7, 11) is 0. The van der Waals surface area contributed by atoms with Crippen molar-refractivity contribution in [2.45, 2.75) is 44.6 Å². The first-order chi connectivity index (χ1) is 15.1. The first-order valence-corrected chi connectivity index (χ1v) is 11.6. The quantitative estimate of drug-likeness (QED) is 0.343. The van der Waals surface area contributed by atoms with Crippen molar-refractivity contribution in [3.8, 4) is 11.1 Å². The van der Waals surface area contributed by atoms with Gasteiger partial charge >= 0.3 is 5.97 Å². The SMILES string of the molecule is C=C(C)C(=O)OC1(CC2CC3CCC2C3)c2ccccc2-c2cccc3cccc1c23. The van der Waals surface area contributed by atoms with Crippen LogP contribution in [-0.4, -0.2) is 5.97 Å². The lowest BCUT2D eigenvalue weighted by Gasteiger charge is -2.42. The number of hydrogen-bond acceptors (Lipinski definition) is 2. The van der Waals surface area contributed by atoms with Crippen LogP contribution in [0.2, 0.25) is 0 Å². The van der Waals surface area contributed by atoms with Crippen LogP contribution in [0.1, 0.15) is 50.2 Å². The monoisotopic (exact) mass is 408 g/mol. The molecule has 2 heteroatoms.